The second-order valence-electron chi connectivity index (χ2n) is 7.99. The first kappa shape index (κ1) is 28.2. The van der Waals surface area contributed by atoms with Crippen molar-refractivity contribution in [3.8, 4) is 0 Å². The summed E-state index contributed by atoms with van der Waals surface area (Å²) in [4.78, 5) is 58.8. The molecule has 2 rings (SSSR count). The van der Waals surface area contributed by atoms with Crippen LogP contribution in [0.15, 0.2) is 12.2 Å². The standard InChI is InChI=1S/C22H31NO12/c1-10(24)31-17-8-7-15(18(32-11(2)25)20(17)34-13(4)27)23-16-9-30-22(29-6)21(35-14(5)28)19(16)33-12(3)26/h7-8,15-23H,9H2,1-6H3/t15-,16-,17-,18+,19+,20+,21-,22-/m1/s1. The van der Waals surface area contributed by atoms with Gasteiger partial charge in [0.2, 0.25) is 0 Å². The van der Waals surface area contributed by atoms with E-state index in [4.69, 9.17) is 33.2 Å². The highest BCUT2D eigenvalue weighted by molar-refractivity contribution is 5.69. The molecule has 0 aromatic rings. The second kappa shape index (κ2) is 12.6. The van der Waals surface area contributed by atoms with Gasteiger partial charge in [0.1, 0.15) is 0 Å². The maximum Gasteiger partial charge on any atom is 0.303 e. The quantitative estimate of drug-likeness (QED) is 0.259. The first-order valence-corrected chi connectivity index (χ1v) is 10.9. The molecule has 2 aliphatic rings. The predicted molar refractivity (Wildman–Crippen MR) is 114 cm³/mol. The Balaban J connectivity index is 2.40. The number of carbonyl (C=O) groups is 5. The van der Waals surface area contributed by atoms with Crippen molar-refractivity contribution in [3.05, 3.63) is 12.2 Å². The van der Waals surface area contributed by atoms with Crippen LogP contribution in [0.5, 0.6) is 0 Å². The minimum absolute atomic E-state index is 0.0447. The lowest BCUT2D eigenvalue weighted by Crippen LogP contribution is -2.65. The molecule has 0 spiro atoms. The van der Waals surface area contributed by atoms with E-state index >= 15 is 0 Å². The van der Waals surface area contributed by atoms with Gasteiger partial charge >= 0.3 is 29.8 Å². The number of ether oxygens (including phenoxy) is 7. The molecule has 1 N–H and O–H groups in total. The van der Waals surface area contributed by atoms with Crippen molar-refractivity contribution in [1.29, 1.82) is 0 Å². The summed E-state index contributed by atoms with van der Waals surface area (Å²) in [7, 11) is 1.35. The number of carbonyl (C=O) groups excluding carboxylic acids is 5. The first-order chi connectivity index (χ1) is 16.4. The van der Waals surface area contributed by atoms with E-state index < -0.39 is 78.7 Å². The first-order valence-electron chi connectivity index (χ1n) is 10.9. The lowest BCUT2D eigenvalue weighted by Gasteiger charge is -2.44. The molecule has 8 atom stereocenters. The van der Waals surface area contributed by atoms with Crippen molar-refractivity contribution in [3.63, 3.8) is 0 Å². The van der Waals surface area contributed by atoms with Gasteiger partial charge in [0.15, 0.2) is 36.8 Å². The normalized spacial score (nSPS) is 32.2. The summed E-state index contributed by atoms with van der Waals surface area (Å²) < 4.78 is 37.7. The predicted octanol–water partition coefficient (Wildman–Crippen LogP) is -0.456. The average molecular weight is 501 g/mol. The van der Waals surface area contributed by atoms with Crippen LogP contribution in [0.3, 0.4) is 0 Å². The molecule has 0 unspecified atom stereocenters. The van der Waals surface area contributed by atoms with Crippen molar-refractivity contribution in [2.24, 2.45) is 0 Å². The molecule has 1 heterocycles. The van der Waals surface area contributed by atoms with Crippen molar-refractivity contribution >= 4 is 29.8 Å². The summed E-state index contributed by atoms with van der Waals surface area (Å²) in [5, 5.41) is 3.15. The molecule has 1 saturated heterocycles. The van der Waals surface area contributed by atoms with Crippen LogP contribution in [0.25, 0.3) is 0 Å². The van der Waals surface area contributed by atoms with E-state index in [1.54, 1.807) is 6.08 Å². The Kier molecular flexibility index (Phi) is 10.2. The third-order valence-electron chi connectivity index (χ3n) is 5.09. The summed E-state index contributed by atoms with van der Waals surface area (Å²) in [5.74, 6) is -3.28. The SMILES string of the molecule is CO[C@@H]1OC[C@@H](N[C@@H]2C=C[C@@H](OC(C)=O)[C@H](OC(C)=O)[C@H]2OC(C)=O)[C@H](OC(C)=O)[C@H]1OC(C)=O. The van der Waals surface area contributed by atoms with Gasteiger partial charge in [0.25, 0.3) is 0 Å². The van der Waals surface area contributed by atoms with E-state index in [1.165, 1.54) is 40.9 Å². The minimum atomic E-state index is -1.17. The molecule has 35 heavy (non-hydrogen) atoms. The van der Waals surface area contributed by atoms with Crippen LogP contribution in [-0.2, 0) is 57.1 Å². The average Bonchev–Trinajstić information content (AvgIpc) is 2.72. The third-order valence-corrected chi connectivity index (χ3v) is 5.09. The van der Waals surface area contributed by atoms with E-state index in [2.05, 4.69) is 5.32 Å². The molecule has 0 aromatic heterocycles. The van der Waals surface area contributed by atoms with Gasteiger partial charge in [-0.05, 0) is 6.08 Å². The number of nitrogens with one attached hydrogen (secondary N) is 1. The van der Waals surface area contributed by atoms with E-state index in [0.29, 0.717) is 0 Å². The molecule has 13 heteroatoms. The molecule has 0 amide bonds. The summed E-state index contributed by atoms with van der Waals surface area (Å²) in [6.45, 7) is 5.87. The van der Waals surface area contributed by atoms with Crippen molar-refractivity contribution < 1.29 is 57.1 Å². The molecule has 1 aliphatic heterocycles. The minimum Gasteiger partial charge on any atom is -0.457 e. The highest BCUT2D eigenvalue weighted by Crippen LogP contribution is 2.27. The molecule has 1 fully saturated rings. The van der Waals surface area contributed by atoms with Crippen molar-refractivity contribution in [2.75, 3.05) is 13.7 Å². The Bertz CT molecular complexity index is 842. The molecule has 0 saturated carbocycles. The third kappa shape index (κ3) is 8.01. The fourth-order valence-electron chi connectivity index (χ4n) is 3.97. The molecule has 1 aliphatic carbocycles. The molecule has 0 radical (unpaired) electrons. The van der Waals surface area contributed by atoms with Crippen LogP contribution >= 0.6 is 0 Å². The van der Waals surface area contributed by atoms with Gasteiger partial charge in [-0.3, -0.25) is 29.3 Å². The van der Waals surface area contributed by atoms with Crippen molar-refractivity contribution in [1.82, 2.24) is 5.32 Å². The number of hydrogen-bond acceptors (Lipinski definition) is 13. The zero-order chi connectivity index (χ0) is 26.3. The van der Waals surface area contributed by atoms with Gasteiger partial charge in [-0.2, -0.15) is 0 Å². The summed E-state index contributed by atoms with van der Waals surface area (Å²) in [6, 6.07) is -1.58. The van der Waals surface area contributed by atoms with E-state index in [-0.39, 0.29) is 6.61 Å². The molecule has 13 nitrogen and oxygen atoms in total. The Labute approximate surface area is 202 Å². The zero-order valence-electron chi connectivity index (χ0n) is 20.4. The fourth-order valence-corrected chi connectivity index (χ4v) is 3.97. The van der Waals surface area contributed by atoms with Gasteiger partial charge in [-0.15, -0.1) is 0 Å². The lowest BCUT2D eigenvalue weighted by molar-refractivity contribution is -0.255. The maximum absolute atomic E-state index is 11.9. The zero-order valence-corrected chi connectivity index (χ0v) is 20.4. The number of rotatable bonds is 8. The van der Waals surface area contributed by atoms with Crippen LogP contribution in [0, 0.1) is 0 Å². The van der Waals surface area contributed by atoms with Crippen LogP contribution in [0.4, 0.5) is 0 Å². The van der Waals surface area contributed by atoms with Crippen LogP contribution in [-0.4, -0.2) is 92.5 Å². The van der Waals surface area contributed by atoms with Gasteiger partial charge in [-0.25, -0.2) is 0 Å². The summed E-state index contributed by atoms with van der Waals surface area (Å²) in [6.07, 6.45) is -3.42. The Morgan fingerprint density at radius 1 is 0.686 bits per heavy atom. The monoisotopic (exact) mass is 501 g/mol. The highest BCUT2D eigenvalue weighted by Gasteiger charge is 2.49. The largest absolute Gasteiger partial charge is 0.457 e. The van der Waals surface area contributed by atoms with E-state index in [0.717, 1.165) is 6.92 Å². The fraction of sp³-hybridized carbons (Fsp3) is 0.682. The summed E-state index contributed by atoms with van der Waals surface area (Å²) in [5.41, 5.74) is 0. The van der Waals surface area contributed by atoms with Gasteiger partial charge in [0.05, 0.1) is 18.7 Å². The number of hydrogen-bond donors (Lipinski definition) is 1. The Morgan fingerprint density at radius 2 is 1.17 bits per heavy atom. The lowest BCUT2D eigenvalue weighted by atomic mass is 9.91. The summed E-state index contributed by atoms with van der Waals surface area (Å²) >= 11 is 0. The van der Waals surface area contributed by atoms with E-state index in [9.17, 15) is 24.0 Å². The Hall–Kier alpha value is -3.03. The molecule has 0 bridgehead atoms. The maximum atomic E-state index is 11.9. The van der Waals surface area contributed by atoms with Crippen LogP contribution < -0.4 is 5.32 Å². The molecule has 0 aromatic carbocycles. The number of methoxy groups -OCH3 is 1. The van der Waals surface area contributed by atoms with E-state index in [1.807, 2.05) is 0 Å². The second-order valence-corrected chi connectivity index (χ2v) is 7.99. The van der Waals surface area contributed by atoms with Crippen molar-refractivity contribution in [2.45, 2.75) is 83.5 Å². The van der Waals surface area contributed by atoms with Crippen LogP contribution in [0.2, 0.25) is 0 Å². The molecule has 196 valence electrons. The van der Waals surface area contributed by atoms with Gasteiger partial charge in [0, 0.05) is 41.7 Å². The Morgan fingerprint density at radius 3 is 1.69 bits per heavy atom. The smallest absolute Gasteiger partial charge is 0.303 e. The topological polar surface area (TPSA) is 162 Å². The molecular formula is C22H31NO12. The van der Waals surface area contributed by atoms with Crippen LogP contribution in [0.1, 0.15) is 34.6 Å². The highest BCUT2D eigenvalue weighted by atomic mass is 16.7. The van der Waals surface area contributed by atoms with Gasteiger partial charge < -0.3 is 33.2 Å². The molecular weight excluding hydrogens is 470 g/mol. The number of esters is 5. The van der Waals surface area contributed by atoms with Gasteiger partial charge in [-0.1, -0.05) is 6.08 Å².